The van der Waals surface area contributed by atoms with Crippen LogP contribution in [0.4, 0.5) is 0 Å². The molecule has 60 heavy (non-hydrogen) atoms. The van der Waals surface area contributed by atoms with Crippen molar-refractivity contribution in [3.63, 3.8) is 0 Å². The topological polar surface area (TPSA) is 87.7 Å². The first-order valence-electron chi connectivity index (χ1n) is 23.3. The monoisotopic (exact) mass is 839 g/mol. The van der Waals surface area contributed by atoms with Crippen molar-refractivity contribution >= 4 is 23.6 Å². The van der Waals surface area contributed by atoms with Crippen molar-refractivity contribution in [2.75, 3.05) is 93.6 Å². The Hall–Kier alpha value is -3.24. The van der Waals surface area contributed by atoms with Crippen LogP contribution in [0, 0.1) is 47.3 Å². The minimum atomic E-state index is 0.0854. The smallest absolute Gasteiger partial charge is 0.246 e. The molecule has 4 rings (SSSR count). The highest BCUT2D eigenvalue weighted by atomic mass is 16.2. The van der Waals surface area contributed by atoms with E-state index in [2.05, 4.69) is 78.3 Å². The fourth-order valence-electron chi connectivity index (χ4n) is 8.28. The number of hydrogen-bond donors (Lipinski definition) is 0. The number of rotatable bonds is 12. The van der Waals surface area contributed by atoms with Crippen molar-refractivity contribution in [3.8, 4) is 0 Å². The van der Waals surface area contributed by atoms with Gasteiger partial charge in [0.25, 0.3) is 0 Å². The lowest BCUT2D eigenvalue weighted by Gasteiger charge is -2.34. The van der Waals surface area contributed by atoms with E-state index < -0.39 is 0 Å². The van der Waals surface area contributed by atoms with Crippen LogP contribution in [0.15, 0.2) is 49.6 Å². The van der Waals surface area contributed by atoms with Gasteiger partial charge in [-0.05, 0) is 139 Å². The zero-order valence-corrected chi connectivity index (χ0v) is 40.5. The summed E-state index contributed by atoms with van der Waals surface area (Å²) in [6, 6.07) is 0. The average molecular weight is 839 g/mol. The molecule has 4 amide bonds. The van der Waals surface area contributed by atoms with Gasteiger partial charge in [-0.15, -0.1) is 0 Å². The van der Waals surface area contributed by atoms with Crippen molar-refractivity contribution in [1.29, 1.82) is 0 Å². The third-order valence-corrected chi connectivity index (χ3v) is 12.8. The summed E-state index contributed by atoms with van der Waals surface area (Å²) >= 11 is 0. The fourth-order valence-corrected chi connectivity index (χ4v) is 8.28. The number of nitrogens with zero attached hydrogens (tertiary/aromatic N) is 6. The predicted octanol–water partition coefficient (Wildman–Crippen LogP) is 8.13. The van der Waals surface area contributed by atoms with Gasteiger partial charge in [0.1, 0.15) is 0 Å². The van der Waals surface area contributed by atoms with Crippen LogP contribution in [0.5, 0.6) is 0 Å². The van der Waals surface area contributed by atoms with Crippen LogP contribution in [-0.4, -0.2) is 147 Å². The molecule has 10 heteroatoms. The minimum absolute atomic E-state index is 0.0854. The van der Waals surface area contributed by atoms with Gasteiger partial charge in [-0.3, -0.25) is 19.2 Å². The second-order valence-electron chi connectivity index (χ2n) is 19.4. The van der Waals surface area contributed by atoms with E-state index in [4.69, 9.17) is 0 Å². The number of amides is 4. The lowest BCUT2D eigenvalue weighted by molar-refractivity contribution is -0.128. The zero-order chi connectivity index (χ0) is 45.4. The molecule has 4 heterocycles. The maximum absolute atomic E-state index is 12.0. The highest BCUT2D eigenvalue weighted by Crippen LogP contribution is 2.26. The Balaban J connectivity index is 0.000000403. The highest BCUT2D eigenvalue weighted by molar-refractivity contribution is 5.88. The molecule has 344 valence electrons. The summed E-state index contributed by atoms with van der Waals surface area (Å²) < 4.78 is 0. The minimum Gasteiger partial charge on any atom is -0.339 e. The summed E-state index contributed by atoms with van der Waals surface area (Å²) in [6.45, 7) is 34.1. The largest absolute Gasteiger partial charge is 0.339 e. The van der Waals surface area contributed by atoms with Crippen LogP contribution in [0.3, 0.4) is 0 Å². The van der Waals surface area contributed by atoms with E-state index in [-0.39, 0.29) is 23.6 Å². The molecule has 0 N–H and O–H groups in total. The van der Waals surface area contributed by atoms with E-state index in [1.54, 1.807) is 12.2 Å². The van der Waals surface area contributed by atoms with Gasteiger partial charge in [-0.1, -0.05) is 80.7 Å². The molecule has 0 saturated carbocycles. The molecule has 4 saturated heterocycles. The molecular formula is C50H90N6O4. The molecule has 0 aromatic heterocycles. The number of carbonyl (C=O) groups is 4. The first-order valence-corrected chi connectivity index (χ1v) is 23.3. The second kappa shape index (κ2) is 29.9. The Morgan fingerprint density at radius 1 is 0.467 bits per heavy atom. The molecular weight excluding hydrogens is 749 g/mol. The van der Waals surface area contributed by atoms with E-state index in [1.807, 2.05) is 59.9 Å². The molecule has 0 bridgehead atoms. The molecule has 2 atom stereocenters. The van der Waals surface area contributed by atoms with E-state index >= 15 is 0 Å². The summed E-state index contributed by atoms with van der Waals surface area (Å²) in [5.74, 6) is 6.33. The third-order valence-electron chi connectivity index (χ3n) is 12.8. The Labute approximate surface area is 368 Å². The van der Waals surface area contributed by atoms with E-state index in [1.165, 1.54) is 25.0 Å². The molecule has 4 aliphatic heterocycles. The lowest BCUT2D eigenvalue weighted by Crippen LogP contribution is -2.40. The van der Waals surface area contributed by atoms with Crippen LogP contribution in [0.1, 0.15) is 107 Å². The van der Waals surface area contributed by atoms with Crippen molar-refractivity contribution in [2.24, 2.45) is 47.3 Å². The first-order chi connectivity index (χ1) is 28.3. The molecule has 4 fully saturated rings. The van der Waals surface area contributed by atoms with Gasteiger partial charge < -0.3 is 29.4 Å². The van der Waals surface area contributed by atoms with Crippen molar-refractivity contribution in [3.05, 3.63) is 49.6 Å². The Morgan fingerprint density at radius 2 is 0.767 bits per heavy atom. The molecule has 0 aromatic carbocycles. The Bertz CT molecular complexity index is 1320. The summed E-state index contributed by atoms with van der Waals surface area (Å²) in [6.07, 6.45) is 19.6. The van der Waals surface area contributed by atoms with Crippen LogP contribution >= 0.6 is 0 Å². The fraction of sp³-hybridized carbons (Fsp3) is 0.760. The molecule has 0 radical (unpaired) electrons. The summed E-state index contributed by atoms with van der Waals surface area (Å²) in [5.41, 5.74) is 0. The Morgan fingerprint density at radius 3 is 1.08 bits per heavy atom. The molecule has 0 spiro atoms. The predicted molar refractivity (Wildman–Crippen MR) is 252 cm³/mol. The van der Waals surface area contributed by atoms with Crippen molar-refractivity contribution in [2.45, 2.75) is 107 Å². The van der Waals surface area contributed by atoms with Gasteiger partial charge in [-0.25, -0.2) is 0 Å². The summed E-state index contributed by atoms with van der Waals surface area (Å²) in [4.78, 5) is 58.3. The van der Waals surface area contributed by atoms with Gasteiger partial charge in [-0.2, -0.15) is 0 Å². The Kier molecular flexibility index (Phi) is 27.3. The van der Waals surface area contributed by atoms with Gasteiger partial charge in [0.05, 0.1) is 0 Å². The van der Waals surface area contributed by atoms with Gasteiger partial charge in [0.15, 0.2) is 0 Å². The standard InChI is InChI=1S/2C14H26N2O.2C11H19NO/c1-12(2)13-7-5-10-16(11-13)14(17)8-6-9-15(3)4;1-12(2)13-7-10-16(11-8-13)14(17)6-5-9-15(3)4;1-4-11(13)12-7-5-10(6-8-12)9(2)3;1-4-11(13)12-7-5-6-10(8-12)9(2)3/h6,8,12-13H,5,7,9-11H2,1-4H3;5-6,12-13H,7-11H2,1-4H3;2*4,9-10H,1,5-8H2,2-3H3/b8-6+;6-5+;;. The molecule has 4 aliphatic rings. The first kappa shape index (κ1) is 54.8. The number of likely N-dealkylation sites (tertiary alicyclic amines) is 4. The number of hydrogen-bond acceptors (Lipinski definition) is 6. The molecule has 2 unspecified atom stereocenters. The van der Waals surface area contributed by atoms with Crippen LogP contribution < -0.4 is 0 Å². The molecule has 10 nitrogen and oxygen atoms in total. The van der Waals surface area contributed by atoms with Gasteiger partial charge in [0.2, 0.25) is 23.6 Å². The SMILES string of the molecule is C=CC(=O)N1CCC(C(C)C)CC1.C=CC(=O)N1CCCC(C(C)C)C1.CC(C)C1CCCN(C(=O)/C=C/CN(C)C)C1.CC(C)C1CCN(C(=O)/C=C/CN(C)C)CC1. The van der Waals surface area contributed by atoms with Crippen molar-refractivity contribution < 1.29 is 19.2 Å². The zero-order valence-electron chi connectivity index (χ0n) is 40.5. The average Bonchev–Trinajstić information content (AvgIpc) is 3.23. The lowest BCUT2D eigenvalue weighted by atomic mass is 9.87. The number of likely N-dealkylation sites (N-methyl/N-ethyl adjacent to an activating group) is 2. The third kappa shape index (κ3) is 22.0. The van der Waals surface area contributed by atoms with E-state index in [0.717, 1.165) is 128 Å². The van der Waals surface area contributed by atoms with Crippen LogP contribution in [0.2, 0.25) is 0 Å². The maximum Gasteiger partial charge on any atom is 0.246 e. The summed E-state index contributed by atoms with van der Waals surface area (Å²) in [7, 11) is 8.01. The molecule has 0 aromatic rings. The quantitative estimate of drug-likeness (QED) is 0.185. The van der Waals surface area contributed by atoms with Crippen LogP contribution in [-0.2, 0) is 19.2 Å². The second-order valence-corrected chi connectivity index (χ2v) is 19.4. The van der Waals surface area contributed by atoms with Crippen molar-refractivity contribution in [1.82, 2.24) is 29.4 Å². The normalized spacial score (nSPS) is 20.6. The van der Waals surface area contributed by atoms with Gasteiger partial charge >= 0.3 is 0 Å². The number of carbonyl (C=O) groups excluding carboxylic acids is 4. The maximum atomic E-state index is 12.0. The van der Waals surface area contributed by atoms with E-state index in [0.29, 0.717) is 23.7 Å². The summed E-state index contributed by atoms with van der Waals surface area (Å²) in [5, 5.41) is 0. The molecule has 0 aliphatic carbocycles. The van der Waals surface area contributed by atoms with Crippen LogP contribution in [0.25, 0.3) is 0 Å². The number of piperidine rings is 4. The van der Waals surface area contributed by atoms with Gasteiger partial charge in [0, 0.05) is 77.6 Å². The van der Waals surface area contributed by atoms with E-state index in [9.17, 15) is 19.2 Å². The highest BCUT2D eigenvalue weighted by Gasteiger charge is 2.26.